The molecule has 1 aliphatic heterocycles. The number of nitrogens with zero attached hydrogens (tertiary/aromatic N) is 2. The van der Waals surface area contributed by atoms with Crippen molar-refractivity contribution in [1.82, 2.24) is 9.88 Å². The lowest BCUT2D eigenvalue weighted by atomic mass is 9.92. The summed E-state index contributed by atoms with van der Waals surface area (Å²) in [5, 5.41) is 9.27. The lowest BCUT2D eigenvalue weighted by Crippen LogP contribution is -2.49. The highest BCUT2D eigenvalue weighted by Crippen LogP contribution is 2.25. The summed E-state index contributed by atoms with van der Waals surface area (Å²) in [6.45, 7) is 2.48. The van der Waals surface area contributed by atoms with Gasteiger partial charge in [-0.15, -0.1) is 0 Å². The van der Waals surface area contributed by atoms with E-state index in [1.807, 2.05) is 6.92 Å². The molecule has 2 atom stereocenters. The Morgan fingerprint density at radius 1 is 1.53 bits per heavy atom. The van der Waals surface area contributed by atoms with Crippen LogP contribution in [0.25, 0.3) is 0 Å². The molecule has 0 aliphatic carbocycles. The van der Waals surface area contributed by atoms with Gasteiger partial charge in [0.2, 0.25) is 0 Å². The zero-order valence-corrected chi connectivity index (χ0v) is 12.1. The summed E-state index contributed by atoms with van der Waals surface area (Å²) in [6.07, 6.45) is 2.90. The second kappa shape index (κ2) is 5.69. The maximum absolute atomic E-state index is 12.4. The first-order valence-electron chi connectivity index (χ1n) is 6.15. The van der Waals surface area contributed by atoms with Gasteiger partial charge in [-0.3, -0.25) is 4.79 Å². The molecule has 102 valence electrons. The van der Waals surface area contributed by atoms with Gasteiger partial charge in [0.25, 0.3) is 5.91 Å². The number of carbonyl (C=O) groups is 2. The first-order chi connectivity index (χ1) is 9.00. The largest absolute Gasteiger partial charge is 0.480 e. The molecule has 6 heteroatoms. The maximum Gasteiger partial charge on any atom is 0.326 e. The molecular weight excluding hydrogens is 312 g/mol. The van der Waals surface area contributed by atoms with Crippen molar-refractivity contribution in [3.8, 4) is 0 Å². The maximum atomic E-state index is 12.4. The molecule has 2 unspecified atom stereocenters. The number of carbonyl (C=O) groups excluding carboxylic acids is 1. The van der Waals surface area contributed by atoms with Crippen molar-refractivity contribution in [2.24, 2.45) is 5.92 Å². The summed E-state index contributed by atoms with van der Waals surface area (Å²) >= 11 is 3.23. The summed E-state index contributed by atoms with van der Waals surface area (Å²) in [7, 11) is 0. The fourth-order valence-electron chi connectivity index (χ4n) is 2.32. The number of carboxylic acid groups (broad SMARTS) is 1. The summed E-state index contributed by atoms with van der Waals surface area (Å²) in [4.78, 5) is 29.2. The quantitative estimate of drug-likeness (QED) is 0.845. The van der Waals surface area contributed by atoms with Gasteiger partial charge in [-0.05, 0) is 46.8 Å². The van der Waals surface area contributed by atoms with Crippen LogP contribution in [-0.2, 0) is 4.79 Å². The van der Waals surface area contributed by atoms with Crippen molar-refractivity contribution in [1.29, 1.82) is 0 Å². The third-order valence-corrected chi connectivity index (χ3v) is 4.03. The van der Waals surface area contributed by atoms with Crippen molar-refractivity contribution in [2.45, 2.75) is 25.8 Å². The molecule has 1 saturated heterocycles. The van der Waals surface area contributed by atoms with Crippen LogP contribution in [0.2, 0.25) is 0 Å². The smallest absolute Gasteiger partial charge is 0.326 e. The van der Waals surface area contributed by atoms with Gasteiger partial charge < -0.3 is 10.0 Å². The van der Waals surface area contributed by atoms with Crippen LogP contribution in [0.1, 0.15) is 30.1 Å². The molecule has 2 rings (SSSR count). The third kappa shape index (κ3) is 2.94. The predicted octanol–water partition coefficient (Wildman–Crippen LogP) is 2.17. The van der Waals surface area contributed by atoms with Crippen molar-refractivity contribution in [3.63, 3.8) is 0 Å². The molecule has 19 heavy (non-hydrogen) atoms. The van der Waals surface area contributed by atoms with Crippen LogP contribution in [0.3, 0.4) is 0 Å². The van der Waals surface area contributed by atoms with E-state index < -0.39 is 12.0 Å². The number of aliphatic carboxylic acids is 1. The molecule has 5 nitrogen and oxygen atoms in total. The molecule has 1 aromatic heterocycles. The zero-order chi connectivity index (χ0) is 14.0. The van der Waals surface area contributed by atoms with E-state index in [2.05, 4.69) is 20.9 Å². The highest BCUT2D eigenvalue weighted by atomic mass is 79.9. The summed E-state index contributed by atoms with van der Waals surface area (Å²) in [5.74, 6) is -0.901. The minimum atomic E-state index is -0.945. The molecule has 1 fully saturated rings. The monoisotopic (exact) mass is 326 g/mol. The zero-order valence-electron chi connectivity index (χ0n) is 10.5. The number of halogens is 1. The molecule has 0 spiro atoms. The minimum absolute atomic E-state index is 0.278. The molecule has 0 aromatic carbocycles. The molecule has 1 aliphatic rings. The molecule has 1 amide bonds. The van der Waals surface area contributed by atoms with Crippen molar-refractivity contribution < 1.29 is 14.7 Å². The van der Waals surface area contributed by atoms with E-state index >= 15 is 0 Å². The van der Waals surface area contributed by atoms with Crippen molar-refractivity contribution in [2.75, 3.05) is 6.54 Å². The van der Waals surface area contributed by atoms with Crippen LogP contribution in [-0.4, -0.2) is 39.5 Å². The first kappa shape index (κ1) is 14.0. The molecule has 0 saturated carbocycles. The highest BCUT2D eigenvalue weighted by Gasteiger charge is 2.35. The minimum Gasteiger partial charge on any atom is -0.480 e. The average Bonchev–Trinajstić information content (AvgIpc) is 2.38. The van der Waals surface area contributed by atoms with Gasteiger partial charge in [0.05, 0.1) is 5.56 Å². The number of amides is 1. The van der Waals surface area contributed by atoms with Crippen LogP contribution < -0.4 is 0 Å². The summed E-state index contributed by atoms with van der Waals surface area (Å²) in [5.41, 5.74) is 0.406. The van der Waals surface area contributed by atoms with E-state index in [0.717, 1.165) is 6.42 Å². The van der Waals surface area contributed by atoms with Gasteiger partial charge >= 0.3 is 5.97 Å². The van der Waals surface area contributed by atoms with E-state index in [1.165, 1.54) is 4.90 Å². The Labute approximate surface area is 119 Å². The second-order valence-corrected chi connectivity index (χ2v) is 5.58. The fourth-order valence-corrected chi connectivity index (χ4v) is 2.74. The number of hydrogen-bond acceptors (Lipinski definition) is 3. The van der Waals surface area contributed by atoms with Crippen molar-refractivity contribution in [3.05, 3.63) is 28.5 Å². The molecule has 0 radical (unpaired) electrons. The highest BCUT2D eigenvalue weighted by molar-refractivity contribution is 9.10. The summed E-state index contributed by atoms with van der Waals surface area (Å²) < 4.78 is 0.447. The van der Waals surface area contributed by atoms with Crippen LogP contribution in [0.5, 0.6) is 0 Å². The Balaban J connectivity index is 2.27. The van der Waals surface area contributed by atoms with Crippen molar-refractivity contribution >= 4 is 27.8 Å². The standard InChI is InChI=1S/C13H15BrN2O3/c1-8-4-6-16(10(7-8)13(18)19)12(17)9-3-2-5-15-11(9)14/h2-3,5,8,10H,4,6-7H2,1H3,(H,18,19). The number of hydrogen-bond donors (Lipinski definition) is 1. The lowest BCUT2D eigenvalue weighted by Gasteiger charge is -2.36. The normalized spacial score (nSPS) is 23.2. The van der Waals surface area contributed by atoms with Crippen LogP contribution >= 0.6 is 15.9 Å². The van der Waals surface area contributed by atoms with E-state index in [9.17, 15) is 14.7 Å². The Kier molecular flexibility index (Phi) is 4.19. The van der Waals surface area contributed by atoms with Gasteiger partial charge in [0.15, 0.2) is 0 Å². The van der Waals surface area contributed by atoms with Gasteiger partial charge in [-0.2, -0.15) is 0 Å². The molecule has 1 aromatic rings. The second-order valence-electron chi connectivity index (χ2n) is 4.82. The number of carboxylic acids is 1. The fraction of sp³-hybridized carbons (Fsp3) is 0.462. The average molecular weight is 327 g/mol. The van der Waals surface area contributed by atoms with Gasteiger partial charge in [-0.1, -0.05) is 6.92 Å². The van der Waals surface area contributed by atoms with E-state index in [0.29, 0.717) is 29.1 Å². The van der Waals surface area contributed by atoms with E-state index in [4.69, 9.17) is 0 Å². The Bertz CT molecular complexity index is 506. The van der Waals surface area contributed by atoms with Gasteiger partial charge in [0.1, 0.15) is 10.6 Å². The van der Waals surface area contributed by atoms with Crippen LogP contribution in [0.15, 0.2) is 22.9 Å². The number of rotatable bonds is 2. The topological polar surface area (TPSA) is 70.5 Å². The Morgan fingerprint density at radius 3 is 2.89 bits per heavy atom. The molecule has 0 bridgehead atoms. The number of likely N-dealkylation sites (tertiary alicyclic amines) is 1. The Morgan fingerprint density at radius 2 is 2.26 bits per heavy atom. The van der Waals surface area contributed by atoms with Gasteiger partial charge in [0, 0.05) is 12.7 Å². The SMILES string of the molecule is CC1CCN(C(=O)c2cccnc2Br)C(C(=O)O)C1. The number of pyridine rings is 1. The Hall–Kier alpha value is -1.43. The first-order valence-corrected chi connectivity index (χ1v) is 6.94. The number of aromatic nitrogens is 1. The molecule has 1 N–H and O–H groups in total. The van der Waals surface area contributed by atoms with E-state index in [-0.39, 0.29) is 5.91 Å². The van der Waals surface area contributed by atoms with Crippen LogP contribution in [0, 0.1) is 5.92 Å². The molecular formula is C13H15BrN2O3. The summed E-state index contributed by atoms with van der Waals surface area (Å²) in [6, 6.07) is 2.57. The number of piperidine rings is 1. The third-order valence-electron chi connectivity index (χ3n) is 3.40. The van der Waals surface area contributed by atoms with E-state index in [1.54, 1.807) is 18.3 Å². The molecule has 2 heterocycles. The van der Waals surface area contributed by atoms with Crippen LogP contribution in [0.4, 0.5) is 0 Å². The van der Waals surface area contributed by atoms with Gasteiger partial charge in [-0.25, -0.2) is 9.78 Å². The predicted molar refractivity (Wildman–Crippen MR) is 72.8 cm³/mol. The lowest BCUT2D eigenvalue weighted by molar-refractivity contribution is -0.144.